The van der Waals surface area contributed by atoms with Crippen LogP contribution in [0.4, 0.5) is 0 Å². The molecule has 0 aliphatic heterocycles. The molecule has 0 N–H and O–H groups in total. The van der Waals surface area contributed by atoms with Crippen LogP contribution in [0.2, 0.25) is 0 Å². The van der Waals surface area contributed by atoms with Crippen LogP contribution < -0.4 is 0 Å². The average Bonchev–Trinajstić information content (AvgIpc) is 2.33. The summed E-state index contributed by atoms with van der Waals surface area (Å²) in [7, 11) is -5.45. The molecular formula is C13H22O5P2. The van der Waals surface area contributed by atoms with Crippen molar-refractivity contribution < 1.29 is 23.5 Å². The maximum absolute atomic E-state index is 12.1. The van der Waals surface area contributed by atoms with Gasteiger partial charge in [0.1, 0.15) is 7.14 Å². The molecule has 0 aromatic heterocycles. The molecule has 0 aliphatic carbocycles. The van der Waals surface area contributed by atoms with Gasteiger partial charge >= 0.3 is 11.9 Å². The highest BCUT2D eigenvalue weighted by molar-refractivity contribution is 7.65. The highest BCUT2D eigenvalue weighted by Gasteiger charge is 2.33. The molecule has 5 nitrogen and oxygen atoms in total. The smallest absolute Gasteiger partial charge is 0.336 e. The Kier molecular flexibility index (Phi) is 7.49. The van der Waals surface area contributed by atoms with Crippen molar-refractivity contribution in [1.29, 1.82) is 0 Å². The van der Waals surface area contributed by atoms with E-state index in [0.29, 0.717) is 12.3 Å². The minimum Gasteiger partial charge on any atom is -0.392 e. The fourth-order valence-corrected chi connectivity index (χ4v) is 3.92. The van der Waals surface area contributed by atoms with Gasteiger partial charge in [0.25, 0.3) is 0 Å². The molecule has 1 atom stereocenters. The molecule has 20 heavy (non-hydrogen) atoms. The van der Waals surface area contributed by atoms with E-state index in [9.17, 15) is 18.7 Å². The van der Waals surface area contributed by atoms with Crippen LogP contribution in [0, 0.1) is 11.8 Å². The van der Waals surface area contributed by atoms with E-state index in [1.807, 2.05) is 0 Å². The Morgan fingerprint density at radius 2 is 1.65 bits per heavy atom. The van der Waals surface area contributed by atoms with E-state index in [4.69, 9.17) is 0 Å². The van der Waals surface area contributed by atoms with Crippen molar-refractivity contribution in [2.75, 3.05) is 31.8 Å². The quantitative estimate of drug-likeness (QED) is 0.325. The molecular weight excluding hydrogens is 298 g/mol. The van der Waals surface area contributed by atoms with Gasteiger partial charge in [0, 0.05) is 0 Å². The Morgan fingerprint density at radius 3 is 2.00 bits per heavy atom. The van der Waals surface area contributed by atoms with Gasteiger partial charge in [-0.25, -0.2) is 4.79 Å². The van der Waals surface area contributed by atoms with Crippen LogP contribution >= 0.6 is 14.3 Å². The van der Waals surface area contributed by atoms with E-state index in [2.05, 4.69) is 16.6 Å². The Morgan fingerprint density at radius 1 is 1.15 bits per heavy atom. The lowest BCUT2D eigenvalue weighted by Crippen LogP contribution is -2.26. The first-order valence-corrected chi connectivity index (χ1v) is 11.3. The third kappa shape index (κ3) is 6.07. The SMILES string of the molecule is CC#CC(C(=O)OC(=O)CP(=O)(CC)CC)P(C)(C)=O. The monoisotopic (exact) mass is 320 g/mol. The number of hydrogen-bond acceptors (Lipinski definition) is 5. The molecule has 0 aliphatic rings. The zero-order valence-electron chi connectivity index (χ0n) is 12.6. The molecule has 0 aromatic rings. The normalized spacial score (nSPS) is 13.1. The number of hydrogen-bond donors (Lipinski definition) is 0. The van der Waals surface area contributed by atoms with E-state index in [0.717, 1.165) is 0 Å². The summed E-state index contributed by atoms with van der Waals surface area (Å²) in [4.78, 5) is 23.5. The van der Waals surface area contributed by atoms with Crippen molar-refractivity contribution in [3.63, 3.8) is 0 Å². The largest absolute Gasteiger partial charge is 0.392 e. The molecule has 0 bridgehead atoms. The van der Waals surface area contributed by atoms with Crippen molar-refractivity contribution in [3.05, 3.63) is 0 Å². The Bertz CT molecular complexity index is 513. The standard InChI is InChI=1S/C13H22O5P2/c1-6-9-11(19(4,5)16)13(15)18-12(14)10-20(17,7-2)8-3/h11H,7-8,10H2,1-5H3. The maximum atomic E-state index is 12.1. The second-order valence-corrected chi connectivity index (χ2v) is 12.0. The number of carbonyl (C=O) groups is 2. The molecule has 0 saturated carbocycles. The van der Waals surface area contributed by atoms with Crippen LogP contribution in [0.1, 0.15) is 20.8 Å². The first kappa shape index (κ1) is 19.2. The fourth-order valence-electron chi connectivity index (χ4n) is 1.49. The molecule has 0 radical (unpaired) electrons. The lowest BCUT2D eigenvalue weighted by atomic mass is 10.4. The van der Waals surface area contributed by atoms with Crippen molar-refractivity contribution in [1.82, 2.24) is 0 Å². The van der Waals surface area contributed by atoms with Gasteiger partial charge in [-0.15, -0.1) is 5.92 Å². The topological polar surface area (TPSA) is 77.5 Å². The minimum atomic E-state index is -2.84. The fraction of sp³-hybridized carbons (Fsp3) is 0.692. The third-order valence-electron chi connectivity index (χ3n) is 2.91. The summed E-state index contributed by atoms with van der Waals surface area (Å²) in [6.45, 7) is 7.81. The van der Waals surface area contributed by atoms with Gasteiger partial charge in [-0.2, -0.15) is 0 Å². The summed E-state index contributed by atoms with van der Waals surface area (Å²) in [5.74, 6) is 3.26. The summed E-state index contributed by atoms with van der Waals surface area (Å²) >= 11 is 0. The van der Waals surface area contributed by atoms with Gasteiger partial charge < -0.3 is 13.9 Å². The molecule has 0 spiro atoms. The Labute approximate surface area is 120 Å². The number of esters is 2. The molecule has 0 rings (SSSR count). The second kappa shape index (κ2) is 7.81. The Hall–Kier alpha value is -0.840. The van der Waals surface area contributed by atoms with Gasteiger partial charge in [0.2, 0.25) is 0 Å². The van der Waals surface area contributed by atoms with Crippen molar-refractivity contribution >= 4 is 26.2 Å². The molecule has 0 saturated heterocycles. The highest BCUT2D eigenvalue weighted by Crippen LogP contribution is 2.45. The molecule has 0 fully saturated rings. The van der Waals surface area contributed by atoms with Gasteiger partial charge in [-0.3, -0.25) is 4.79 Å². The maximum Gasteiger partial charge on any atom is 0.336 e. The van der Waals surface area contributed by atoms with Gasteiger partial charge in [-0.05, 0) is 32.6 Å². The average molecular weight is 320 g/mol. The van der Waals surface area contributed by atoms with Crippen LogP contribution in [-0.4, -0.2) is 49.4 Å². The molecule has 0 aromatic carbocycles. The van der Waals surface area contributed by atoms with Crippen molar-refractivity contribution in [2.45, 2.75) is 26.4 Å². The zero-order valence-corrected chi connectivity index (χ0v) is 14.4. The summed E-state index contributed by atoms with van der Waals surface area (Å²) in [6.07, 6.45) is 0.492. The van der Waals surface area contributed by atoms with Crippen LogP contribution in [0.5, 0.6) is 0 Å². The summed E-state index contributed by atoms with van der Waals surface area (Å²) in [6, 6.07) is 0. The predicted molar refractivity (Wildman–Crippen MR) is 81.3 cm³/mol. The van der Waals surface area contributed by atoms with Gasteiger partial charge in [0.05, 0.1) is 13.3 Å². The Balaban J connectivity index is 4.90. The summed E-state index contributed by atoms with van der Waals surface area (Å²) in [5.41, 5.74) is -1.11. The molecule has 0 amide bonds. The van der Waals surface area contributed by atoms with E-state index < -0.39 is 31.9 Å². The third-order valence-corrected chi connectivity index (χ3v) is 7.63. The van der Waals surface area contributed by atoms with Gasteiger partial charge in [0.15, 0.2) is 5.66 Å². The van der Waals surface area contributed by atoms with E-state index in [1.165, 1.54) is 20.3 Å². The molecule has 7 heteroatoms. The van der Waals surface area contributed by atoms with E-state index in [1.54, 1.807) is 13.8 Å². The second-order valence-electron chi connectivity index (χ2n) is 4.87. The number of ether oxygens (including phenoxy) is 1. The van der Waals surface area contributed by atoms with E-state index in [-0.39, 0.29) is 6.16 Å². The number of carbonyl (C=O) groups excluding carboxylic acids is 2. The van der Waals surface area contributed by atoms with Crippen LogP contribution in [0.15, 0.2) is 0 Å². The highest BCUT2D eigenvalue weighted by atomic mass is 31.2. The van der Waals surface area contributed by atoms with E-state index >= 15 is 0 Å². The minimum absolute atomic E-state index is 0.268. The van der Waals surface area contributed by atoms with Crippen LogP contribution in [-0.2, 0) is 23.5 Å². The first-order chi connectivity index (χ1) is 9.09. The van der Waals surface area contributed by atoms with Crippen LogP contribution in [0.3, 0.4) is 0 Å². The van der Waals surface area contributed by atoms with Crippen molar-refractivity contribution in [2.24, 2.45) is 0 Å². The summed E-state index contributed by atoms with van der Waals surface area (Å²) in [5, 5.41) is 0. The molecule has 1 unspecified atom stereocenters. The summed E-state index contributed by atoms with van der Waals surface area (Å²) < 4.78 is 28.8. The van der Waals surface area contributed by atoms with Crippen LogP contribution in [0.25, 0.3) is 0 Å². The molecule has 114 valence electrons. The first-order valence-electron chi connectivity index (χ1n) is 6.38. The molecule has 0 heterocycles. The van der Waals surface area contributed by atoms with Gasteiger partial charge in [-0.1, -0.05) is 19.8 Å². The lowest BCUT2D eigenvalue weighted by Gasteiger charge is -2.16. The lowest BCUT2D eigenvalue weighted by molar-refractivity contribution is -0.156. The predicted octanol–water partition coefficient (Wildman–Crippen LogP) is 2.47. The zero-order chi connectivity index (χ0) is 16.0. The number of rotatable bonds is 6. The van der Waals surface area contributed by atoms with Crippen molar-refractivity contribution in [3.8, 4) is 11.8 Å².